The van der Waals surface area contributed by atoms with Gasteiger partial charge < -0.3 is 0 Å². The maximum Gasteiger partial charge on any atom is 2.00 e. The number of hydrogen-bond donors (Lipinski definition) is 0. The summed E-state index contributed by atoms with van der Waals surface area (Å²) in [6.45, 7) is 11.0. The Bertz CT molecular complexity index is 673. The number of halogens is 12. The van der Waals surface area contributed by atoms with Crippen molar-refractivity contribution in [2.45, 2.75) is 34.6 Å². The van der Waals surface area contributed by atoms with E-state index in [0.29, 0.717) is 0 Å². The summed E-state index contributed by atoms with van der Waals surface area (Å²) in [6, 6.07) is 12.0. The molecule has 0 heterocycles. The molecule has 0 saturated carbocycles. The first-order valence-corrected chi connectivity index (χ1v) is 11.8. The summed E-state index contributed by atoms with van der Waals surface area (Å²) in [5.41, 5.74) is 5.87. The predicted molar refractivity (Wildman–Crippen MR) is 99.2 cm³/mol. The van der Waals surface area contributed by atoms with Crippen molar-refractivity contribution in [2.75, 3.05) is 0 Å². The zero-order chi connectivity index (χ0) is 24.9. The Morgan fingerprint density at radius 1 is 0.387 bits per heavy atom. The van der Waals surface area contributed by atoms with Crippen molar-refractivity contribution < 1.29 is 69.8 Å². The number of benzene rings is 1. The Labute approximate surface area is 185 Å². The molecule has 0 fully saturated rings. The summed E-state index contributed by atoms with van der Waals surface area (Å²) in [7, 11) is -21.3. The minimum absolute atomic E-state index is 0. The molecule has 0 unspecified atom stereocenters. The van der Waals surface area contributed by atoms with Gasteiger partial charge in [-0.05, 0) is 38.8 Å². The third kappa shape index (κ3) is 34.2. The van der Waals surface area contributed by atoms with Crippen LogP contribution in [0.3, 0.4) is 0 Å². The standard InChI is InChI=1S/C10H15.C6H6.2F6P.Rh/c1-6-7(2)9(4)10(5)8(6)3;1-2-4-6-5-3-1;2*1-7(2,3,4,5)6;/h1-5H3;1-6H;;;/q;;2*-1;+2. The molecule has 0 nitrogen and oxygen atoms in total. The SMILES string of the molecule is C[C]1C(C)=C(C)C(C)=C1C.F[P-](F)(F)(F)(F)F.F[P-](F)(F)(F)(F)F.[Rh+2].c1ccccc1. The molecular formula is C16H21F12P2Rh. The van der Waals surface area contributed by atoms with E-state index in [4.69, 9.17) is 0 Å². The summed E-state index contributed by atoms with van der Waals surface area (Å²) < 4.78 is 118. The van der Waals surface area contributed by atoms with Crippen LogP contribution in [0, 0.1) is 5.92 Å². The Morgan fingerprint density at radius 2 is 0.516 bits per heavy atom. The second kappa shape index (κ2) is 9.30. The van der Waals surface area contributed by atoms with E-state index in [2.05, 4.69) is 34.6 Å². The second-order valence-electron chi connectivity index (χ2n) is 6.20. The molecule has 1 aliphatic carbocycles. The van der Waals surface area contributed by atoms with Gasteiger partial charge in [-0.2, -0.15) is 0 Å². The first-order valence-electron chi connectivity index (χ1n) is 7.78. The van der Waals surface area contributed by atoms with E-state index in [9.17, 15) is 50.4 Å². The molecule has 1 aromatic carbocycles. The van der Waals surface area contributed by atoms with E-state index < -0.39 is 15.6 Å². The van der Waals surface area contributed by atoms with E-state index in [-0.39, 0.29) is 19.5 Å². The van der Waals surface area contributed by atoms with Gasteiger partial charge in [0.25, 0.3) is 0 Å². The van der Waals surface area contributed by atoms with Crippen molar-refractivity contribution >= 4 is 15.6 Å². The zero-order valence-electron chi connectivity index (χ0n) is 16.7. The van der Waals surface area contributed by atoms with Gasteiger partial charge in [0.05, 0.1) is 0 Å². The topological polar surface area (TPSA) is 0 Å². The first kappa shape index (κ1) is 34.9. The van der Waals surface area contributed by atoms with Crippen LogP contribution in [0.2, 0.25) is 0 Å². The van der Waals surface area contributed by atoms with Crippen LogP contribution in [-0.2, 0) is 19.5 Å². The van der Waals surface area contributed by atoms with Gasteiger partial charge in [0.2, 0.25) is 0 Å². The minimum Gasteiger partial charge on any atom is -0.0623 e. The van der Waals surface area contributed by atoms with Gasteiger partial charge in [-0.15, -0.1) is 0 Å². The number of rotatable bonds is 0. The first-order chi connectivity index (χ1) is 12.5. The molecule has 2 radical (unpaired) electrons. The van der Waals surface area contributed by atoms with Crippen molar-refractivity contribution in [1.82, 2.24) is 0 Å². The molecule has 0 bridgehead atoms. The van der Waals surface area contributed by atoms with Crippen LogP contribution in [0.15, 0.2) is 58.7 Å². The monoisotopic (exact) mass is 606 g/mol. The fraction of sp³-hybridized carbons (Fsp3) is 0.312. The summed E-state index contributed by atoms with van der Waals surface area (Å²) in [4.78, 5) is 0. The van der Waals surface area contributed by atoms with Gasteiger partial charge in [0, 0.05) is 5.92 Å². The van der Waals surface area contributed by atoms with E-state index in [1.165, 1.54) is 28.2 Å². The van der Waals surface area contributed by atoms with Crippen molar-refractivity contribution in [2.24, 2.45) is 0 Å². The fourth-order valence-electron chi connectivity index (χ4n) is 1.79. The molecule has 0 atom stereocenters. The van der Waals surface area contributed by atoms with Gasteiger partial charge in [0.1, 0.15) is 0 Å². The minimum atomic E-state index is -10.7. The van der Waals surface area contributed by atoms with Crippen LogP contribution in [0.25, 0.3) is 0 Å². The summed E-state index contributed by atoms with van der Waals surface area (Å²) in [6.07, 6.45) is 0. The summed E-state index contributed by atoms with van der Waals surface area (Å²) in [5, 5.41) is 0. The summed E-state index contributed by atoms with van der Waals surface area (Å²) >= 11 is 0. The maximum atomic E-state index is 9.87. The third-order valence-electron chi connectivity index (χ3n) is 3.48. The molecule has 188 valence electrons. The average Bonchev–Trinajstić information content (AvgIpc) is 2.61. The van der Waals surface area contributed by atoms with Crippen LogP contribution < -0.4 is 0 Å². The molecule has 0 amide bonds. The molecular weight excluding hydrogens is 585 g/mol. The van der Waals surface area contributed by atoms with Crippen LogP contribution in [0.5, 0.6) is 0 Å². The Hall–Kier alpha value is -0.657. The third-order valence-corrected chi connectivity index (χ3v) is 3.48. The van der Waals surface area contributed by atoms with E-state index in [1.807, 2.05) is 36.4 Å². The van der Waals surface area contributed by atoms with Crippen LogP contribution >= 0.6 is 15.6 Å². The molecule has 1 aliphatic rings. The van der Waals surface area contributed by atoms with E-state index >= 15 is 0 Å². The molecule has 15 heteroatoms. The van der Waals surface area contributed by atoms with Gasteiger partial charge in [-0.25, -0.2) is 0 Å². The molecule has 1 aromatic rings. The molecule has 0 saturated heterocycles. The molecule has 31 heavy (non-hydrogen) atoms. The predicted octanol–water partition coefficient (Wildman–Crippen LogP) is 11.7. The van der Waals surface area contributed by atoms with Gasteiger partial charge >= 0.3 is 85.5 Å². The van der Waals surface area contributed by atoms with Crippen LogP contribution in [0.4, 0.5) is 50.4 Å². The number of hydrogen-bond acceptors (Lipinski definition) is 0. The zero-order valence-corrected chi connectivity index (χ0v) is 20.2. The normalized spacial score (nSPS) is 18.9. The second-order valence-corrected chi connectivity index (χ2v) is 10.0. The van der Waals surface area contributed by atoms with Gasteiger partial charge in [-0.3, -0.25) is 0 Å². The quantitative estimate of drug-likeness (QED) is 0.157. The number of allylic oxidation sites excluding steroid dienone is 4. The molecule has 0 aliphatic heterocycles. The van der Waals surface area contributed by atoms with Crippen LogP contribution in [-0.4, -0.2) is 0 Å². The Balaban J connectivity index is -0.000000341. The van der Waals surface area contributed by atoms with Gasteiger partial charge in [-0.1, -0.05) is 54.5 Å². The summed E-state index contributed by atoms with van der Waals surface area (Å²) in [5.74, 6) is 1.47. The average molecular weight is 606 g/mol. The molecule has 0 aromatic heterocycles. The van der Waals surface area contributed by atoms with Gasteiger partial charge in [0.15, 0.2) is 0 Å². The van der Waals surface area contributed by atoms with Crippen LogP contribution in [0.1, 0.15) is 34.6 Å². The smallest absolute Gasteiger partial charge is 0.0623 e. The fourth-order valence-corrected chi connectivity index (χ4v) is 1.79. The molecule has 0 spiro atoms. The van der Waals surface area contributed by atoms with E-state index in [1.54, 1.807) is 0 Å². The molecule has 0 N–H and O–H groups in total. The van der Waals surface area contributed by atoms with Crippen molar-refractivity contribution in [3.05, 3.63) is 64.6 Å². The Morgan fingerprint density at radius 3 is 0.581 bits per heavy atom. The largest absolute Gasteiger partial charge is 2.00 e. The van der Waals surface area contributed by atoms with Crippen molar-refractivity contribution in [3.8, 4) is 0 Å². The van der Waals surface area contributed by atoms with Crippen molar-refractivity contribution in [3.63, 3.8) is 0 Å². The maximum absolute atomic E-state index is 10.7. The Kier molecular flexibility index (Phi) is 10.5. The van der Waals surface area contributed by atoms with Crippen molar-refractivity contribution in [1.29, 1.82) is 0 Å². The van der Waals surface area contributed by atoms with E-state index in [0.717, 1.165) is 0 Å². The molecule has 2 rings (SSSR count).